The smallest absolute Gasteiger partial charge is 0.291 e. The van der Waals surface area contributed by atoms with Crippen molar-refractivity contribution < 1.29 is 4.79 Å². The third kappa shape index (κ3) is 2.50. The van der Waals surface area contributed by atoms with Crippen LogP contribution in [-0.2, 0) is 0 Å². The molecular weight excluding hydrogens is 304 g/mol. The summed E-state index contributed by atoms with van der Waals surface area (Å²) in [5, 5.41) is 0. The molecule has 124 valence electrons. The molecule has 1 amide bonds. The van der Waals surface area contributed by atoms with Gasteiger partial charge < -0.3 is 9.80 Å². The lowest BCUT2D eigenvalue weighted by Gasteiger charge is -2.23. The van der Waals surface area contributed by atoms with Crippen LogP contribution in [0.1, 0.15) is 21.9 Å². The van der Waals surface area contributed by atoms with E-state index in [0.29, 0.717) is 11.8 Å². The van der Waals surface area contributed by atoms with Crippen LogP contribution in [0.4, 0.5) is 5.82 Å². The number of carbonyl (C=O) groups excluding carboxylic acids is 1. The lowest BCUT2D eigenvalue weighted by molar-refractivity contribution is 0.0770. The Bertz CT molecular complexity index is 751. The molecule has 2 aromatic rings. The van der Waals surface area contributed by atoms with Crippen LogP contribution in [0.2, 0.25) is 0 Å². The molecule has 0 radical (unpaired) electrons. The second-order valence-electron chi connectivity index (χ2n) is 6.62. The van der Waals surface area contributed by atoms with Gasteiger partial charge in [-0.3, -0.25) is 4.79 Å². The number of hydrogen-bond acceptors (Lipinski definition) is 6. The number of likely N-dealkylation sites (tertiary alicyclic amines) is 1. The standard InChI is InChI=1S/C17H20N6O/c1-11-12(2)20-10-21-16(11)22-6-13-8-23(9-14(13)7-22)17(24)15-18-4-3-5-19-15/h3-5,10,13-14H,6-9H2,1-2H3. The second kappa shape index (κ2) is 5.81. The number of anilines is 1. The van der Waals surface area contributed by atoms with Gasteiger partial charge in [-0.15, -0.1) is 0 Å². The Kier molecular flexibility index (Phi) is 3.63. The highest BCUT2D eigenvalue weighted by Crippen LogP contribution is 2.34. The summed E-state index contributed by atoms with van der Waals surface area (Å²) in [4.78, 5) is 33.6. The van der Waals surface area contributed by atoms with Crippen LogP contribution in [0.25, 0.3) is 0 Å². The van der Waals surface area contributed by atoms with E-state index in [4.69, 9.17) is 0 Å². The van der Waals surface area contributed by atoms with Gasteiger partial charge in [0.1, 0.15) is 12.1 Å². The Labute approximate surface area is 140 Å². The third-order valence-electron chi connectivity index (χ3n) is 5.14. The van der Waals surface area contributed by atoms with Crippen molar-refractivity contribution in [2.45, 2.75) is 13.8 Å². The van der Waals surface area contributed by atoms with E-state index < -0.39 is 0 Å². The number of aryl methyl sites for hydroxylation is 1. The van der Waals surface area contributed by atoms with E-state index >= 15 is 0 Å². The van der Waals surface area contributed by atoms with E-state index in [2.05, 4.69) is 31.8 Å². The van der Waals surface area contributed by atoms with E-state index in [9.17, 15) is 4.79 Å². The fourth-order valence-corrected chi connectivity index (χ4v) is 3.73. The van der Waals surface area contributed by atoms with E-state index in [1.54, 1.807) is 24.8 Å². The second-order valence-corrected chi connectivity index (χ2v) is 6.62. The molecule has 2 unspecified atom stereocenters. The molecule has 0 aromatic carbocycles. The van der Waals surface area contributed by atoms with Gasteiger partial charge in [-0.1, -0.05) is 0 Å². The molecule has 2 aliphatic heterocycles. The molecule has 2 aliphatic rings. The van der Waals surface area contributed by atoms with E-state index in [1.807, 2.05) is 11.8 Å². The molecule has 0 spiro atoms. The first-order chi connectivity index (χ1) is 11.6. The van der Waals surface area contributed by atoms with Crippen molar-refractivity contribution in [2.24, 2.45) is 11.8 Å². The van der Waals surface area contributed by atoms with Crippen LogP contribution in [-0.4, -0.2) is 56.9 Å². The molecule has 2 atom stereocenters. The van der Waals surface area contributed by atoms with Crippen LogP contribution in [0.15, 0.2) is 24.8 Å². The van der Waals surface area contributed by atoms with Crippen molar-refractivity contribution >= 4 is 11.7 Å². The summed E-state index contributed by atoms with van der Waals surface area (Å²) in [7, 11) is 0. The van der Waals surface area contributed by atoms with E-state index in [1.165, 1.54) is 0 Å². The predicted molar refractivity (Wildman–Crippen MR) is 88.6 cm³/mol. The van der Waals surface area contributed by atoms with Crippen molar-refractivity contribution in [3.8, 4) is 0 Å². The highest BCUT2D eigenvalue weighted by atomic mass is 16.2. The highest BCUT2D eigenvalue weighted by molar-refractivity contribution is 5.90. The first-order valence-corrected chi connectivity index (χ1v) is 8.23. The van der Waals surface area contributed by atoms with Crippen molar-refractivity contribution in [3.63, 3.8) is 0 Å². The van der Waals surface area contributed by atoms with Gasteiger partial charge in [0.2, 0.25) is 5.82 Å². The Morgan fingerprint density at radius 2 is 1.67 bits per heavy atom. The first-order valence-electron chi connectivity index (χ1n) is 8.23. The number of nitrogens with zero attached hydrogens (tertiary/aromatic N) is 6. The van der Waals surface area contributed by atoms with Gasteiger partial charge in [0, 0.05) is 61.7 Å². The molecule has 0 N–H and O–H groups in total. The number of aromatic nitrogens is 4. The Morgan fingerprint density at radius 3 is 2.33 bits per heavy atom. The maximum Gasteiger partial charge on any atom is 0.291 e. The summed E-state index contributed by atoms with van der Waals surface area (Å²) in [6.07, 6.45) is 4.85. The van der Waals surface area contributed by atoms with Crippen LogP contribution in [0.5, 0.6) is 0 Å². The molecule has 7 nitrogen and oxygen atoms in total. The maximum atomic E-state index is 12.5. The van der Waals surface area contributed by atoms with Crippen molar-refractivity contribution in [2.75, 3.05) is 31.1 Å². The van der Waals surface area contributed by atoms with Gasteiger partial charge in [0.05, 0.1) is 0 Å². The number of fused-ring (bicyclic) bond motifs is 1. The number of rotatable bonds is 2. The fraction of sp³-hybridized carbons (Fsp3) is 0.471. The van der Waals surface area contributed by atoms with Gasteiger partial charge in [0.25, 0.3) is 5.91 Å². The monoisotopic (exact) mass is 324 g/mol. The Hall–Kier alpha value is -2.57. The summed E-state index contributed by atoms with van der Waals surface area (Å²) in [5.74, 6) is 2.21. The van der Waals surface area contributed by atoms with Gasteiger partial charge in [-0.05, 0) is 19.9 Å². The predicted octanol–water partition coefficient (Wildman–Crippen LogP) is 1.09. The highest BCUT2D eigenvalue weighted by Gasteiger charge is 2.42. The quantitative estimate of drug-likeness (QED) is 0.823. The minimum atomic E-state index is -0.0642. The lowest BCUT2D eigenvalue weighted by Crippen LogP contribution is -2.34. The molecule has 2 saturated heterocycles. The fourth-order valence-electron chi connectivity index (χ4n) is 3.73. The van der Waals surface area contributed by atoms with Crippen molar-refractivity contribution in [1.82, 2.24) is 24.8 Å². The summed E-state index contributed by atoms with van der Waals surface area (Å²) in [6.45, 7) is 7.48. The van der Waals surface area contributed by atoms with Crippen LogP contribution in [0.3, 0.4) is 0 Å². The zero-order valence-electron chi connectivity index (χ0n) is 13.9. The maximum absolute atomic E-state index is 12.5. The number of amides is 1. The lowest BCUT2D eigenvalue weighted by atomic mass is 10.0. The normalized spacial score (nSPS) is 22.8. The first kappa shape index (κ1) is 15.0. The average Bonchev–Trinajstić information content (AvgIpc) is 3.16. The van der Waals surface area contributed by atoms with Crippen LogP contribution < -0.4 is 4.90 Å². The van der Waals surface area contributed by atoms with Crippen LogP contribution in [0, 0.1) is 25.7 Å². The van der Waals surface area contributed by atoms with Crippen molar-refractivity contribution in [1.29, 1.82) is 0 Å². The van der Waals surface area contributed by atoms with Crippen LogP contribution >= 0.6 is 0 Å². The van der Waals surface area contributed by atoms with Gasteiger partial charge >= 0.3 is 0 Å². The topological polar surface area (TPSA) is 75.1 Å². The molecule has 24 heavy (non-hydrogen) atoms. The number of hydrogen-bond donors (Lipinski definition) is 0. The molecule has 0 aliphatic carbocycles. The zero-order valence-corrected chi connectivity index (χ0v) is 13.9. The van der Waals surface area contributed by atoms with E-state index in [0.717, 1.165) is 43.3 Å². The number of carbonyl (C=O) groups is 1. The SMILES string of the molecule is Cc1ncnc(N2CC3CN(C(=O)c4ncccn4)CC3C2)c1C. The van der Waals surface area contributed by atoms with Crippen molar-refractivity contribution in [3.05, 3.63) is 41.9 Å². The largest absolute Gasteiger partial charge is 0.356 e. The minimum absolute atomic E-state index is 0.0642. The molecule has 2 aromatic heterocycles. The third-order valence-corrected chi connectivity index (χ3v) is 5.14. The molecule has 7 heteroatoms. The van der Waals surface area contributed by atoms with Gasteiger partial charge in [-0.2, -0.15) is 0 Å². The molecule has 2 fully saturated rings. The van der Waals surface area contributed by atoms with E-state index in [-0.39, 0.29) is 11.7 Å². The Morgan fingerprint density at radius 1 is 1.00 bits per heavy atom. The molecule has 0 bridgehead atoms. The van der Waals surface area contributed by atoms with Gasteiger partial charge in [-0.25, -0.2) is 19.9 Å². The molecule has 4 heterocycles. The molecule has 0 saturated carbocycles. The van der Waals surface area contributed by atoms with Gasteiger partial charge in [0.15, 0.2) is 0 Å². The summed E-state index contributed by atoms with van der Waals surface area (Å²) in [6, 6.07) is 1.72. The zero-order chi connectivity index (χ0) is 16.7. The molecular formula is C17H20N6O. The average molecular weight is 324 g/mol. The summed E-state index contributed by atoms with van der Waals surface area (Å²) < 4.78 is 0. The summed E-state index contributed by atoms with van der Waals surface area (Å²) >= 11 is 0. The summed E-state index contributed by atoms with van der Waals surface area (Å²) in [5.41, 5.74) is 2.16. The minimum Gasteiger partial charge on any atom is -0.356 e. The molecule has 4 rings (SSSR count). The Balaban J connectivity index is 1.45.